The van der Waals surface area contributed by atoms with Crippen LogP contribution in [-0.4, -0.2) is 37.8 Å². The van der Waals surface area contributed by atoms with Crippen molar-refractivity contribution in [3.8, 4) is 0 Å². The van der Waals surface area contributed by atoms with Crippen molar-refractivity contribution in [2.24, 2.45) is 5.73 Å². The summed E-state index contributed by atoms with van der Waals surface area (Å²) in [5, 5.41) is 11.0. The molecule has 106 valence electrons. The summed E-state index contributed by atoms with van der Waals surface area (Å²) in [7, 11) is -2.58. The third-order valence-corrected chi connectivity index (χ3v) is 4.62. The lowest BCUT2D eigenvalue weighted by atomic mass is 10.3. The molecule has 1 rings (SSSR count). The monoisotopic (exact) mass is 307 g/mol. The van der Waals surface area contributed by atoms with Gasteiger partial charge in [-0.1, -0.05) is 11.6 Å². The maximum absolute atomic E-state index is 12.2. The molecule has 19 heavy (non-hydrogen) atoms. The van der Waals surface area contributed by atoms with Crippen LogP contribution in [0.5, 0.6) is 0 Å². The lowest BCUT2D eigenvalue weighted by molar-refractivity contribution is -0.387. The summed E-state index contributed by atoms with van der Waals surface area (Å²) in [6.45, 7) is 0.529. The van der Waals surface area contributed by atoms with Crippen LogP contribution in [0.25, 0.3) is 0 Å². The summed E-state index contributed by atoms with van der Waals surface area (Å²) < 4.78 is 25.5. The average Bonchev–Trinajstić information content (AvgIpc) is 2.35. The van der Waals surface area contributed by atoms with Crippen molar-refractivity contribution in [3.05, 3.63) is 33.3 Å². The van der Waals surface area contributed by atoms with E-state index < -0.39 is 20.6 Å². The number of nitrogens with two attached hydrogens (primary N) is 1. The number of halogens is 1. The molecule has 0 aliphatic heterocycles. The number of nitro groups is 1. The molecule has 0 aliphatic rings. The Bertz CT molecular complexity index is 576. The zero-order valence-electron chi connectivity index (χ0n) is 10.2. The fourth-order valence-electron chi connectivity index (χ4n) is 1.45. The third-order valence-electron chi connectivity index (χ3n) is 2.48. The number of sulfonamides is 1. The predicted molar refractivity (Wildman–Crippen MR) is 71.6 cm³/mol. The molecule has 0 heterocycles. The lowest BCUT2D eigenvalue weighted by Crippen LogP contribution is -2.29. The van der Waals surface area contributed by atoms with E-state index in [1.54, 1.807) is 0 Å². The van der Waals surface area contributed by atoms with Crippen LogP contribution in [-0.2, 0) is 10.0 Å². The molecule has 7 nitrogen and oxygen atoms in total. The minimum atomic E-state index is -3.93. The van der Waals surface area contributed by atoms with Gasteiger partial charge in [0.15, 0.2) is 4.90 Å². The van der Waals surface area contributed by atoms with Gasteiger partial charge in [-0.2, -0.15) is 0 Å². The molecule has 0 atom stereocenters. The number of benzene rings is 1. The molecule has 0 bridgehead atoms. The van der Waals surface area contributed by atoms with E-state index in [1.165, 1.54) is 13.1 Å². The largest absolute Gasteiger partial charge is 0.330 e. The van der Waals surface area contributed by atoms with Crippen molar-refractivity contribution in [1.29, 1.82) is 0 Å². The fourth-order valence-corrected chi connectivity index (χ4v) is 2.96. The van der Waals surface area contributed by atoms with E-state index in [0.29, 0.717) is 13.0 Å². The highest BCUT2D eigenvalue weighted by Crippen LogP contribution is 2.29. The van der Waals surface area contributed by atoms with E-state index in [-0.39, 0.29) is 16.5 Å². The van der Waals surface area contributed by atoms with Gasteiger partial charge in [-0.3, -0.25) is 10.1 Å². The van der Waals surface area contributed by atoms with Gasteiger partial charge < -0.3 is 5.73 Å². The highest BCUT2D eigenvalue weighted by atomic mass is 35.5. The van der Waals surface area contributed by atoms with Gasteiger partial charge in [-0.05, 0) is 25.1 Å². The first-order valence-electron chi connectivity index (χ1n) is 5.41. The number of nitro benzene ring substituents is 1. The van der Waals surface area contributed by atoms with Gasteiger partial charge >= 0.3 is 0 Å². The molecule has 0 amide bonds. The molecule has 0 aliphatic carbocycles. The molecule has 0 unspecified atom stereocenters. The SMILES string of the molecule is CN(CCCN)S(=O)(=O)c1ccc(Cl)cc1[N+](=O)[O-]. The Kier molecular flexibility index (Phi) is 5.24. The van der Waals surface area contributed by atoms with E-state index in [0.717, 1.165) is 16.4 Å². The summed E-state index contributed by atoms with van der Waals surface area (Å²) in [5.41, 5.74) is 4.77. The number of nitrogens with zero attached hydrogens (tertiary/aromatic N) is 2. The van der Waals surface area contributed by atoms with Crippen LogP contribution in [0.4, 0.5) is 5.69 Å². The van der Waals surface area contributed by atoms with E-state index in [1.807, 2.05) is 0 Å². The maximum atomic E-state index is 12.2. The van der Waals surface area contributed by atoms with Gasteiger partial charge in [-0.25, -0.2) is 12.7 Å². The average molecular weight is 308 g/mol. The van der Waals surface area contributed by atoms with Crippen molar-refractivity contribution < 1.29 is 13.3 Å². The van der Waals surface area contributed by atoms with E-state index in [9.17, 15) is 18.5 Å². The number of hydrogen-bond donors (Lipinski definition) is 1. The van der Waals surface area contributed by atoms with Crippen LogP contribution in [0, 0.1) is 10.1 Å². The van der Waals surface area contributed by atoms with E-state index in [2.05, 4.69) is 0 Å². The van der Waals surface area contributed by atoms with Crippen LogP contribution >= 0.6 is 11.6 Å². The highest BCUT2D eigenvalue weighted by Gasteiger charge is 2.29. The van der Waals surface area contributed by atoms with Crippen molar-refractivity contribution in [1.82, 2.24) is 4.31 Å². The first-order chi connectivity index (χ1) is 8.80. The second-order valence-corrected chi connectivity index (χ2v) is 6.29. The standard InChI is InChI=1S/C10H14ClN3O4S/c1-13(6-2-5-12)19(17,18)10-4-3-8(11)7-9(10)14(15)16/h3-4,7H,2,5-6,12H2,1H3. The van der Waals surface area contributed by atoms with Crippen molar-refractivity contribution in [3.63, 3.8) is 0 Å². The minimum Gasteiger partial charge on any atom is -0.330 e. The molecule has 0 saturated carbocycles. The lowest BCUT2D eigenvalue weighted by Gasteiger charge is -2.16. The van der Waals surface area contributed by atoms with E-state index in [4.69, 9.17) is 17.3 Å². The van der Waals surface area contributed by atoms with Crippen LogP contribution in [0.3, 0.4) is 0 Å². The smallest absolute Gasteiger partial charge is 0.290 e. The quantitative estimate of drug-likeness (QED) is 0.628. The molecule has 0 fully saturated rings. The van der Waals surface area contributed by atoms with Crippen molar-refractivity contribution in [2.75, 3.05) is 20.1 Å². The van der Waals surface area contributed by atoms with Crippen molar-refractivity contribution in [2.45, 2.75) is 11.3 Å². The molecule has 1 aromatic rings. The fraction of sp³-hybridized carbons (Fsp3) is 0.400. The summed E-state index contributed by atoms with van der Waals surface area (Å²) in [5.74, 6) is 0. The number of hydrogen-bond acceptors (Lipinski definition) is 5. The Morgan fingerprint density at radius 3 is 2.63 bits per heavy atom. The zero-order chi connectivity index (χ0) is 14.6. The zero-order valence-corrected chi connectivity index (χ0v) is 11.8. The molecule has 0 aromatic heterocycles. The Labute approximate surface area is 116 Å². The van der Waals surface area contributed by atoms with Gasteiger partial charge in [0.2, 0.25) is 10.0 Å². The normalized spacial score (nSPS) is 11.8. The Morgan fingerprint density at radius 1 is 1.47 bits per heavy atom. The predicted octanol–water partition coefficient (Wildman–Crippen LogP) is 1.22. The highest BCUT2D eigenvalue weighted by molar-refractivity contribution is 7.89. The van der Waals surface area contributed by atoms with Crippen LogP contribution in [0.15, 0.2) is 23.1 Å². The van der Waals surface area contributed by atoms with Crippen LogP contribution in [0.1, 0.15) is 6.42 Å². The van der Waals surface area contributed by atoms with Gasteiger partial charge in [0.25, 0.3) is 5.69 Å². The molecule has 0 radical (unpaired) electrons. The second-order valence-electron chi connectivity index (χ2n) is 3.84. The minimum absolute atomic E-state index is 0.107. The molecule has 2 N–H and O–H groups in total. The molecular formula is C10H14ClN3O4S. The summed E-state index contributed by atoms with van der Waals surface area (Å²) >= 11 is 5.64. The molecule has 0 saturated heterocycles. The van der Waals surface area contributed by atoms with Crippen molar-refractivity contribution >= 4 is 27.3 Å². The first kappa shape index (κ1) is 15.8. The second kappa shape index (κ2) is 6.29. The summed E-state index contributed by atoms with van der Waals surface area (Å²) in [6, 6.07) is 3.46. The Hall–Kier alpha value is -1.22. The maximum Gasteiger partial charge on any atom is 0.290 e. The summed E-state index contributed by atoms with van der Waals surface area (Å²) in [4.78, 5) is 9.76. The Balaban J connectivity index is 3.25. The topological polar surface area (TPSA) is 107 Å². The molecule has 0 spiro atoms. The molecule has 1 aromatic carbocycles. The first-order valence-corrected chi connectivity index (χ1v) is 7.23. The molecule has 9 heteroatoms. The van der Waals surface area contributed by atoms with Gasteiger partial charge in [0.1, 0.15) is 0 Å². The van der Waals surface area contributed by atoms with Gasteiger partial charge in [0, 0.05) is 24.7 Å². The Morgan fingerprint density at radius 2 is 2.11 bits per heavy atom. The van der Waals surface area contributed by atoms with Gasteiger partial charge in [-0.15, -0.1) is 0 Å². The van der Waals surface area contributed by atoms with Crippen LogP contribution in [0.2, 0.25) is 5.02 Å². The van der Waals surface area contributed by atoms with Crippen LogP contribution < -0.4 is 5.73 Å². The molecular weight excluding hydrogens is 294 g/mol. The number of rotatable bonds is 6. The third kappa shape index (κ3) is 3.63. The van der Waals surface area contributed by atoms with E-state index >= 15 is 0 Å². The summed E-state index contributed by atoms with van der Waals surface area (Å²) in [6.07, 6.45) is 0.469. The van der Waals surface area contributed by atoms with Gasteiger partial charge in [0.05, 0.1) is 4.92 Å².